The lowest BCUT2D eigenvalue weighted by atomic mass is 10.1. The van der Waals surface area contributed by atoms with Crippen LogP contribution in [0.5, 0.6) is 0 Å². The predicted molar refractivity (Wildman–Crippen MR) is 169 cm³/mol. The quantitative estimate of drug-likeness (QED) is 0.0508. The van der Waals surface area contributed by atoms with Gasteiger partial charge in [-0.1, -0.05) is 0 Å². The smallest absolute Gasteiger partial charge is 0.387 e. The molecule has 0 saturated carbocycles. The van der Waals surface area contributed by atoms with E-state index in [4.69, 9.17) is 29.2 Å². The minimum atomic E-state index is -6.01. The van der Waals surface area contributed by atoms with Gasteiger partial charge in [-0.2, -0.15) is 18.2 Å². The molecule has 0 aliphatic carbocycles. The van der Waals surface area contributed by atoms with Crippen LogP contribution >= 0.6 is 23.5 Å². The number of methoxy groups -OCH3 is 2. The second-order valence-electron chi connectivity index (χ2n) is 11.5. The zero-order chi connectivity index (χ0) is 38.8. The first-order valence-corrected chi connectivity index (χ1v) is 19.4. The Balaban J connectivity index is 1.10. The number of H-pyrrole nitrogens is 2. The summed E-state index contributed by atoms with van der Waals surface area (Å²) in [5.41, 5.74) is 4.37. The van der Waals surface area contributed by atoms with E-state index in [2.05, 4.69) is 38.1 Å². The Labute approximate surface area is 294 Å². The van der Waals surface area contributed by atoms with Crippen LogP contribution in [0.25, 0.3) is 22.3 Å². The largest absolute Gasteiger partial charge is 0.490 e. The molecule has 53 heavy (non-hydrogen) atoms. The molecule has 6 heterocycles. The van der Waals surface area contributed by atoms with E-state index in [1.807, 2.05) is 0 Å². The van der Waals surface area contributed by atoms with Crippen molar-refractivity contribution in [1.82, 2.24) is 34.1 Å². The van der Waals surface area contributed by atoms with Gasteiger partial charge < -0.3 is 54.6 Å². The summed E-state index contributed by atoms with van der Waals surface area (Å²) in [4.78, 5) is 72.3. The fourth-order valence-electron chi connectivity index (χ4n) is 5.81. The van der Waals surface area contributed by atoms with Gasteiger partial charge in [0.25, 0.3) is 16.7 Å². The summed E-state index contributed by atoms with van der Waals surface area (Å²) in [5, 5.41) is 21.2. The van der Waals surface area contributed by atoms with Crippen LogP contribution in [-0.4, -0.2) is 117 Å². The number of phosphoric ester groups is 2. The second-order valence-corrected chi connectivity index (χ2v) is 16.1. The van der Waals surface area contributed by atoms with E-state index in [0.29, 0.717) is 0 Å². The Kier molecular flexibility index (Phi) is 10.7. The first-order chi connectivity index (χ1) is 24.7. The maximum Gasteiger partial charge on any atom is 0.490 e. The molecular weight excluding hydrogens is 783 g/mol. The van der Waals surface area contributed by atoms with Crippen LogP contribution in [0, 0.1) is 6.92 Å². The second kappa shape index (κ2) is 14.4. The molecule has 4 aromatic rings. The van der Waals surface area contributed by atoms with Gasteiger partial charge in [0.1, 0.15) is 36.3 Å². The number of aliphatic hydroxyl groups is 2. The third-order valence-electron chi connectivity index (χ3n) is 7.97. The molecule has 27 nitrogen and oxygen atoms in total. The number of nitrogens with zero attached hydrogens (tertiary/aromatic N) is 6. The summed E-state index contributed by atoms with van der Waals surface area (Å²) in [7, 11) is -13.6. The van der Waals surface area contributed by atoms with Crippen molar-refractivity contribution in [1.29, 1.82) is 0 Å². The van der Waals surface area contributed by atoms with Crippen molar-refractivity contribution in [2.45, 2.75) is 56.2 Å². The number of aliphatic hydroxyl groups excluding tert-OH is 2. The highest BCUT2D eigenvalue weighted by atomic mass is 31.3. The van der Waals surface area contributed by atoms with Crippen LogP contribution < -0.4 is 21.4 Å². The third kappa shape index (κ3) is 7.79. The lowest BCUT2D eigenvalue weighted by molar-refractivity contribution is -0.646. The van der Waals surface area contributed by atoms with Crippen LogP contribution in [0.2, 0.25) is 0 Å². The van der Waals surface area contributed by atoms with Crippen molar-refractivity contribution in [2.24, 2.45) is 7.05 Å². The molecule has 5 unspecified atom stereocenters. The molecule has 6 rings (SSSR count). The molecule has 30 heteroatoms. The maximum atomic E-state index is 12.9. The number of aromatic amines is 2. The van der Waals surface area contributed by atoms with E-state index >= 15 is 0 Å². The van der Waals surface area contributed by atoms with Crippen LogP contribution in [0.3, 0.4) is 0 Å². The standard InChI is InChI=1S/C23H32N9O18P3/c1-8-26-16-10(18(35)27-8)25-6-31(16)21-14(43-3)15(44-4)22(47-21)48-52(39,40)50-53(41,42)49-51(37,38)45-5-9-12(33)13(34)20(46-9)32-7-30(2)11-17(32)28-23(24)29-19(11)36/h6-7,9,12-15,20-22,33-34H,5H2,1-4H3,(H6-,24,26,27,28,29,35,36,37,38,39,40,41,42)/p+1/t9-,12+,13?,14+,15?,20-,21-,22-/m1/s1. The van der Waals surface area contributed by atoms with Crippen LogP contribution in [0.4, 0.5) is 5.95 Å². The van der Waals surface area contributed by atoms with Gasteiger partial charge in [-0.3, -0.25) is 28.2 Å². The fourth-order valence-corrected chi connectivity index (χ4v) is 9.39. The minimum Gasteiger partial charge on any atom is -0.387 e. The first kappa shape index (κ1) is 39.4. The molecule has 0 spiro atoms. The summed E-state index contributed by atoms with van der Waals surface area (Å²) in [5.74, 6) is -0.0463. The maximum absolute atomic E-state index is 12.9. The summed E-state index contributed by atoms with van der Waals surface area (Å²) in [6, 6.07) is 0. The average Bonchev–Trinajstić information content (AvgIpc) is 3.77. The molecule has 4 aromatic heterocycles. The zero-order valence-corrected chi connectivity index (χ0v) is 30.3. The normalized spacial score (nSPS) is 29.8. The number of fused-ring (bicyclic) bond motifs is 2. The molecule has 2 saturated heterocycles. The number of hydrogen-bond acceptors (Lipinski definition) is 19. The summed E-state index contributed by atoms with van der Waals surface area (Å²) >= 11 is 0. The number of nitrogens with one attached hydrogen (secondary N) is 2. The number of rotatable bonds is 13. The third-order valence-corrected chi connectivity index (χ3v) is 12.2. The number of hydrogen-bond donors (Lipinski definition) is 8. The zero-order valence-electron chi connectivity index (χ0n) is 27.6. The molecule has 292 valence electrons. The molecule has 0 radical (unpaired) electrons. The van der Waals surface area contributed by atoms with Gasteiger partial charge in [0.05, 0.1) is 20.0 Å². The van der Waals surface area contributed by atoms with E-state index in [0.717, 1.165) is 11.7 Å². The Morgan fingerprint density at radius 3 is 2.26 bits per heavy atom. The number of phosphoric acid groups is 3. The van der Waals surface area contributed by atoms with Crippen molar-refractivity contribution < 1.29 is 79.8 Å². The molecule has 0 aromatic carbocycles. The van der Waals surface area contributed by atoms with Gasteiger partial charge in [0, 0.05) is 14.2 Å². The van der Waals surface area contributed by atoms with Crippen molar-refractivity contribution in [2.75, 3.05) is 26.6 Å². The van der Waals surface area contributed by atoms with E-state index in [1.165, 1.54) is 42.9 Å². The Bertz CT molecular complexity index is 2300. The summed E-state index contributed by atoms with van der Waals surface area (Å²) in [6.07, 6.45) is -9.70. The van der Waals surface area contributed by atoms with Gasteiger partial charge in [-0.15, -0.1) is 0 Å². The average molecular weight is 816 g/mol. The minimum absolute atomic E-state index is 0.0221. The van der Waals surface area contributed by atoms with E-state index in [9.17, 15) is 48.2 Å². The number of aryl methyl sites for hydroxylation is 2. The van der Waals surface area contributed by atoms with Crippen molar-refractivity contribution in [3.05, 3.63) is 39.2 Å². The summed E-state index contributed by atoms with van der Waals surface area (Å²) in [6.45, 7) is 0.445. The predicted octanol–water partition coefficient (Wildman–Crippen LogP) is -2.56. The number of nitrogen functional groups attached to an aromatic ring is 1. The number of nitrogens with two attached hydrogens (primary N) is 1. The van der Waals surface area contributed by atoms with E-state index in [1.54, 1.807) is 0 Å². The lowest BCUT2D eigenvalue weighted by Crippen LogP contribution is -2.36. The highest BCUT2D eigenvalue weighted by Gasteiger charge is 2.53. The molecule has 11 atom stereocenters. The van der Waals surface area contributed by atoms with Crippen molar-refractivity contribution >= 4 is 51.7 Å². The van der Waals surface area contributed by atoms with Gasteiger partial charge in [0.2, 0.25) is 18.5 Å². The molecule has 0 bridgehead atoms. The monoisotopic (exact) mass is 816 g/mol. The van der Waals surface area contributed by atoms with Crippen molar-refractivity contribution in [3.63, 3.8) is 0 Å². The molecule has 9 N–H and O–H groups in total. The van der Waals surface area contributed by atoms with Crippen LogP contribution in [0.15, 0.2) is 22.2 Å². The van der Waals surface area contributed by atoms with Gasteiger partial charge in [0.15, 0.2) is 23.7 Å². The highest BCUT2D eigenvalue weighted by molar-refractivity contribution is 7.66. The summed E-state index contributed by atoms with van der Waals surface area (Å²) < 4.78 is 81.9. The van der Waals surface area contributed by atoms with Gasteiger partial charge >= 0.3 is 29.0 Å². The highest BCUT2D eigenvalue weighted by Crippen LogP contribution is 2.68. The van der Waals surface area contributed by atoms with Crippen molar-refractivity contribution in [3.8, 4) is 0 Å². The topological polar surface area (TPSA) is 370 Å². The molecular formula is C23H33N9O18P3+. The molecule has 2 aliphatic rings. The van der Waals surface area contributed by atoms with E-state index < -0.39 is 90.5 Å². The number of ether oxygens (including phenoxy) is 4. The molecule has 0 amide bonds. The lowest BCUT2D eigenvalue weighted by Gasteiger charge is -2.23. The van der Waals surface area contributed by atoms with Crippen LogP contribution in [0.1, 0.15) is 18.3 Å². The van der Waals surface area contributed by atoms with E-state index in [-0.39, 0.29) is 34.1 Å². The Hall–Kier alpha value is -3.33. The molecule has 2 fully saturated rings. The number of anilines is 1. The Morgan fingerprint density at radius 1 is 0.906 bits per heavy atom. The fraction of sp³-hybridized carbons (Fsp3) is 0.565. The van der Waals surface area contributed by atoms with Gasteiger partial charge in [-0.05, 0) is 6.92 Å². The SMILES string of the molecule is COC1[C@@H](OP(=O)(O)OP(=O)(O)OP(=O)(O)OC[C@H]2O[C@@H](n3c[n+](C)c4c(=O)[nH]c(N)nc43)C(O)[C@H]2O)O[C@@H](n2cnc3c(=O)[nH]c(C)nc32)[C@H]1OC. The Morgan fingerprint density at radius 2 is 1.58 bits per heavy atom. The molecule has 2 aliphatic heterocycles. The van der Waals surface area contributed by atoms with Crippen LogP contribution in [-0.2, 0) is 57.4 Å². The number of aromatic nitrogens is 8. The van der Waals surface area contributed by atoms with Gasteiger partial charge in [-0.25, -0.2) is 28.2 Å². The number of imidazole rings is 2. The first-order valence-electron chi connectivity index (χ1n) is 14.9.